The molecule has 0 radical (unpaired) electrons. The summed E-state index contributed by atoms with van der Waals surface area (Å²) in [6.07, 6.45) is 2.55. The van der Waals surface area contributed by atoms with Crippen LogP contribution in [0, 0.1) is 17.2 Å². The Hall–Kier alpha value is -1.12. The van der Waals surface area contributed by atoms with Crippen LogP contribution in [-0.2, 0) is 4.79 Å². The molecule has 1 fully saturated rings. The van der Waals surface area contributed by atoms with Gasteiger partial charge in [-0.2, -0.15) is 5.26 Å². The van der Waals surface area contributed by atoms with Crippen molar-refractivity contribution in [3.05, 3.63) is 0 Å². The van der Waals surface area contributed by atoms with Crippen LogP contribution < -0.4 is 10.6 Å². The van der Waals surface area contributed by atoms with Crippen molar-refractivity contribution in [1.29, 1.82) is 5.26 Å². The molecule has 0 aliphatic heterocycles. The summed E-state index contributed by atoms with van der Waals surface area (Å²) in [6.45, 7) is 1.06. The van der Waals surface area contributed by atoms with E-state index in [9.17, 15) is 9.90 Å². The molecule has 1 aliphatic rings. The van der Waals surface area contributed by atoms with Gasteiger partial charge in [0.15, 0.2) is 0 Å². The fourth-order valence-corrected chi connectivity index (χ4v) is 1.82. The summed E-state index contributed by atoms with van der Waals surface area (Å²) in [7, 11) is 0. The van der Waals surface area contributed by atoms with Crippen molar-refractivity contribution in [2.45, 2.75) is 25.4 Å². The monoisotopic (exact) mass is 211 g/mol. The maximum absolute atomic E-state index is 11.1. The molecule has 0 bridgehead atoms. The molecule has 3 N–H and O–H groups in total. The number of hydrogen-bond donors (Lipinski definition) is 3. The fourth-order valence-electron chi connectivity index (χ4n) is 1.82. The zero-order valence-electron chi connectivity index (χ0n) is 8.70. The molecule has 1 rings (SSSR count). The van der Waals surface area contributed by atoms with Crippen LogP contribution in [0.1, 0.15) is 19.3 Å². The number of rotatable bonds is 5. The van der Waals surface area contributed by atoms with Crippen LogP contribution in [0.4, 0.5) is 0 Å². The maximum atomic E-state index is 11.1. The lowest BCUT2D eigenvalue weighted by Gasteiger charge is -2.10. The molecule has 1 saturated carbocycles. The summed E-state index contributed by atoms with van der Waals surface area (Å²) < 4.78 is 0. The molecular weight excluding hydrogens is 194 g/mol. The van der Waals surface area contributed by atoms with E-state index in [-0.39, 0.29) is 25.1 Å². The number of aliphatic hydroxyl groups is 1. The predicted octanol–water partition coefficient (Wildman–Crippen LogP) is -0.623. The van der Waals surface area contributed by atoms with E-state index in [0.29, 0.717) is 5.92 Å². The van der Waals surface area contributed by atoms with Gasteiger partial charge in [-0.25, -0.2) is 0 Å². The molecule has 15 heavy (non-hydrogen) atoms. The van der Waals surface area contributed by atoms with Gasteiger partial charge in [0.25, 0.3) is 0 Å². The van der Waals surface area contributed by atoms with Gasteiger partial charge in [0.2, 0.25) is 5.91 Å². The lowest BCUT2D eigenvalue weighted by molar-refractivity contribution is -0.120. The molecule has 2 atom stereocenters. The first-order chi connectivity index (χ1) is 7.22. The molecule has 0 aromatic rings. The third-order valence-electron chi connectivity index (χ3n) is 2.60. The van der Waals surface area contributed by atoms with Gasteiger partial charge in [-0.3, -0.25) is 4.79 Å². The van der Waals surface area contributed by atoms with Crippen molar-refractivity contribution in [2.75, 3.05) is 19.6 Å². The SMILES string of the molecule is N#CCNC(=O)CNCC1CCC(O)C1. The summed E-state index contributed by atoms with van der Waals surface area (Å²) in [5, 5.41) is 23.0. The van der Waals surface area contributed by atoms with E-state index >= 15 is 0 Å². The predicted molar refractivity (Wildman–Crippen MR) is 54.8 cm³/mol. The van der Waals surface area contributed by atoms with Crippen LogP contribution in [0.15, 0.2) is 0 Å². The molecule has 0 spiro atoms. The van der Waals surface area contributed by atoms with Crippen molar-refractivity contribution in [3.63, 3.8) is 0 Å². The van der Waals surface area contributed by atoms with E-state index in [2.05, 4.69) is 10.6 Å². The highest BCUT2D eigenvalue weighted by atomic mass is 16.3. The average molecular weight is 211 g/mol. The summed E-state index contributed by atoms with van der Waals surface area (Å²) in [6, 6.07) is 1.84. The number of nitrogens with one attached hydrogen (secondary N) is 2. The molecule has 5 nitrogen and oxygen atoms in total. The van der Waals surface area contributed by atoms with Crippen LogP contribution in [0.5, 0.6) is 0 Å². The summed E-state index contributed by atoms with van der Waals surface area (Å²) in [4.78, 5) is 11.1. The normalized spacial score (nSPS) is 24.8. The van der Waals surface area contributed by atoms with Crippen molar-refractivity contribution >= 4 is 5.91 Å². The van der Waals surface area contributed by atoms with Gasteiger partial charge >= 0.3 is 0 Å². The summed E-state index contributed by atoms with van der Waals surface area (Å²) in [5.74, 6) is 0.318. The average Bonchev–Trinajstić information content (AvgIpc) is 2.61. The Balaban J connectivity index is 2.01. The molecule has 5 heteroatoms. The Morgan fingerprint density at radius 1 is 1.53 bits per heavy atom. The highest BCUT2D eigenvalue weighted by molar-refractivity contribution is 5.78. The molecular formula is C10H17N3O2. The number of carbonyl (C=O) groups excluding carboxylic acids is 1. The lowest BCUT2D eigenvalue weighted by atomic mass is 10.1. The van der Waals surface area contributed by atoms with E-state index in [1.807, 2.05) is 6.07 Å². The molecule has 0 aromatic heterocycles. The van der Waals surface area contributed by atoms with Crippen molar-refractivity contribution in [1.82, 2.24) is 10.6 Å². The highest BCUT2D eigenvalue weighted by Gasteiger charge is 2.22. The second-order valence-corrected chi connectivity index (χ2v) is 3.90. The van der Waals surface area contributed by atoms with Crippen molar-refractivity contribution < 1.29 is 9.90 Å². The van der Waals surface area contributed by atoms with E-state index in [0.717, 1.165) is 25.8 Å². The molecule has 0 heterocycles. The Labute approximate surface area is 89.5 Å². The fraction of sp³-hybridized carbons (Fsp3) is 0.800. The smallest absolute Gasteiger partial charge is 0.234 e. The van der Waals surface area contributed by atoms with Crippen LogP contribution in [0.2, 0.25) is 0 Å². The van der Waals surface area contributed by atoms with Crippen molar-refractivity contribution in [3.8, 4) is 6.07 Å². The summed E-state index contributed by atoms with van der Waals surface area (Å²) in [5.41, 5.74) is 0. The Morgan fingerprint density at radius 3 is 2.93 bits per heavy atom. The van der Waals surface area contributed by atoms with E-state index in [1.54, 1.807) is 0 Å². The minimum atomic E-state index is -0.163. The standard InChI is InChI=1S/C10H17N3O2/c11-3-4-13-10(15)7-12-6-8-1-2-9(14)5-8/h8-9,12,14H,1-2,4-7H2,(H,13,15). The summed E-state index contributed by atoms with van der Waals surface area (Å²) >= 11 is 0. The first-order valence-corrected chi connectivity index (χ1v) is 5.24. The number of aliphatic hydroxyl groups excluding tert-OH is 1. The maximum Gasteiger partial charge on any atom is 0.234 e. The van der Waals surface area contributed by atoms with Crippen LogP contribution >= 0.6 is 0 Å². The Bertz CT molecular complexity index is 250. The molecule has 0 saturated heterocycles. The number of carbonyl (C=O) groups is 1. The number of amides is 1. The van der Waals surface area contributed by atoms with Gasteiger partial charge in [0, 0.05) is 0 Å². The zero-order chi connectivity index (χ0) is 11.1. The van der Waals surface area contributed by atoms with Crippen molar-refractivity contribution in [2.24, 2.45) is 5.92 Å². The first kappa shape index (κ1) is 12.0. The minimum absolute atomic E-state index is 0.0582. The molecule has 1 amide bonds. The zero-order valence-corrected chi connectivity index (χ0v) is 8.70. The van der Waals surface area contributed by atoms with Gasteiger partial charge in [-0.15, -0.1) is 0 Å². The van der Waals surface area contributed by atoms with Gasteiger partial charge in [0.05, 0.1) is 18.7 Å². The van der Waals surface area contributed by atoms with Gasteiger partial charge in [0.1, 0.15) is 6.54 Å². The Kier molecular flexibility index (Phi) is 5.08. The van der Waals surface area contributed by atoms with E-state index < -0.39 is 0 Å². The van der Waals surface area contributed by atoms with Crippen LogP contribution in [0.3, 0.4) is 0 Å². The second kappa shape index (κ2) is 6.38. The number of hydrogen-bond acceptors (Lipinski definition) is 4. The molecule has 1 aliphatic carbocycles. The topological polar surface area (TPSA) is 85.2 Å². The van der Waals surface area contributed by atoms with E-state index in [4.69, 9.17) is 5.26 Å². The Morgan fingerprint density at radius 2 is 2.33 bits per heavy atom. The third-order valence-corrected chi connectivity index (χ3v) is 2.60. The quantitative estimate of drug-likeness (QED) is 0.529. The van der Waals surface area contributed by atoms with Crippen LogP contribution in [-0.4, -0.2) is 36.8 Å². The molecule has 2 unspecified atom stereocenters. The number of nitrogens with zero attached hydrogens (tertiary/aromatic N) is 1. The van der Waals surface area contributed by atoms with Gasteiger partial charge in [-0.1, -0.05) is 0 Å². The lowest BCUT2D eigenvalue weighted by Crippen LogP contribution is -2.35. The van der Waals surface area contributed by atoms with E-state index in [1.165, 1.54) is 0 Å². The first-order valence-electron chi connectivity index (χ1n) is 5.24. The van der Waals surface area contributed by atoms with Gasteiger partial charge < -0.3 is 15.7 Å². The highest BCUT2D eigenvalue weighted by Crippen LogP contribution is 2.24. The van der Waals surface area contributed by atoms with Crippen LogP contribution in [0.25, 0.3) is 0 Å². The molecule has 0 aromatic carbocycles. The third kappa shape index (κ3) is 4.77. The second-order valence-electron chi connectivity index (χ2n) is 3.90. The molecule has 84 valence electrons. The largest absolute Gasteiger partial charge is 0.393 e. The van der Waals surface area contributed by atoms with Gasteiger partial charge in [-0.05, 0) is 31.7 Å². The minimum Gasteiger partial charge on any atom is -0.393 e. The number of nitriles is 1.